The van der Waals surface area contributed by atoms with Crippen LogP contribution in [-0.2, 0) is 16.1 Å². The van der Waals surface area contributed by atoms with Crippen molar-refractivity contribution in [2.75, 3.05) is 6.54 Å². The molecule has 5 heteroatoms. The monoisotopic (exact) mass is 222 g/mol. The molecule has 1 saturated heterocycles. The van der Waals surface area contributed by atoms with Crippen molar-refractivity contribution < 1.29 is 14.0 Å². The highest BCUT2D eigenvalue weighted by Gasteiger charge is 2.26. The van der Waals surface area contributed by atoms with Crippen molar-refractivity contribution in [1.82, 2.24) is 10.2 Å². The van der Waals surface area contributed by atoms with Gasteiger partial charge in [0.2, 0.25) is 11.8 Å². The molecule has 1 N–H and O–H groups in total. The minimum atomic E-state index is -0.454. The third-order valence-corrected chi connectivity index (χ3v) is 2.60. The van der Waals surface area contributed by atoms with Gasteiger partial charge in [-0.1, -0.05) is 0 Å². The molecular weight excluding hydrogens is 208 g/mol. The van der Waals surface area contributed by atoms with E-state index in [-0.39, 0.29) is 11.8 Å². The normalized spacial score (nSPS) is 21.8. The molecule has 0 spiro atoms. The van der Waals surface area contributed by atoms with Crippen molar-refractivity contribution in [3.8, 4) is 0 Å². The Bertz CT molecular complexity index is 386. The maximum Gasteiger partial charge on any atom is 0.245 e. The molecule has 2 rings (SSSR count). The van der Waals surface area contributed by atoms with Crippen LogP contribution in [0.5, 0.6) is 0 Å². The lowest BCUT2D eigenvalue weighted by Crippen LogP contribution is -2.42. The van der Waals surface area contributed by atoms with Crippen molar-refractivity contribution in [2.45, 2.75) is 25.9 Å². The van der Waals surface area contributed by atoms with Gasteiger partial charge in [0, 0.05) is 13.0 Å². The molecular formula is C11H14N2O3. The fraction of sp³-hybridized carbons (Fsp3) is 0.455. The summed E-state index contributed by atoms with van der Waals surface area (Å²) in [4.78, 5) is 24.8. The Morgan fingerprint density at radius 1 is 1.56 bits per heavy atom. The Morgan fingerprint density at radius 3 is 3.06 bits per heavy atom. The number of nitrogens with zero attached hydrogens (tertiary/aromatic N) is 1. The van der Waals surface area contributed by atoms with Gasteiger partial charge in [-0.25, -0.2) is 0 Å². The maximum atomic E-state index is 11.9. The van der Waals surface area contributed by atoms with Gasteiger partial charge in [0.25, 0.3) is 0 Å². The van der Waals surface area contributed by atoms with Gasteiger partial charge in [-0.15, -0.1) is 0 Å². The second kappa shape index (κ2) is 4.38. The molecule has 1 fully saturated rings. The lowest BCUT2D eigenvalue weighted by Gasteiger charge is -2.20. The zero-order chi connectivity index (χ0) is 11.5. The lowest BCUT2D eigenvalue weighted by molar-refractivity contribution is -0.133. The number of nitrogens with one attached hydrogen (secondary N) is 1. The highest BCUT2D eigenvalue weighted by atomic mass is 16.3. The Kier molecular flexibility index (Phi) is 2.94. The smallest absolute Gasteiger partial charge is 0.245 e. The van der Waals surface area contributed by atoms with Crippen molar-refractivity contribution in [3.63, 3.8) is 0 Å². The first-order chi connectivity index (χ1) is 7.66. The molecule has 1 aliphatic rings. The largest absolute Gasteiger partial charge is 0.467 e. The van der Waals surface area contributed by atoms with Crippen LogP contribution in [0.1, 0.15) is 19.1 Å². The number of hydrogen-bond donors (Lipinski definition) is 1. The number of rotatable bonds is 2. The van der Waals surface area contributed by atoms with Crippen molar-refractivity contribution >= 4 is 11.8 Å². The zero-order valence-electron chi connectivity index (χ0n) is 9.10. The first-order valence-corrected chi connectivity index (χ1v) is 5.27. The lowest BCUT2D eigenvalue weighted by atomic mass is 10.3. The summed E-state index contributed by atoms with van der Waals surface area (Å²) in [5, 5.41) is 2.64. The molecule has 0 aliphatic carbocycles. The van der Waals surface area contributed by atoms with E-state index < -0.39 is 6.04 Å². The molecule has 16 heavy (non-hydrogen) atoms. The number of carbonyl (C=O) groups is 2. The van der Waals surface area contributed by atoms with E-state index in [0.717, 1.165) is 5.76 Å². The minimum Gasteiger partial charge on any atom is -0.467 e. The number of hydrogen-bond acceptors (Lipinski definition) is 3. The molecule has 1 aromatic rings. The highest BCUT2D eigenvalue weighted by Crippen LogP contribution is 2.10. The van der Waals surface area contributed by atoms with Crippen LogP contribution in [0.25, 0.3) is 0 Å². The molecule has 1 aromatic heterocycles. The molecule has 2 heterocycles. The summed E-state index contributed by atoms with van der Waals surface area (Å²) < 4.78 is 5.19. The zero-order valence-corrected chi connectivity index (χ0v) is 9.10. The van der Waals surface area contributed by atoms with E-state index in [1.165, 1.54) is 0 Å². The van der Waals surface area contributed by atoms with E-state index in [2.05, 4.69) is 5.32 Å². The summed E-state index contributed by atoms with van der Waals surface area (Å²) in [6, 6.07) is 3.15. The molecule has 1 unspecified atom stereocenters. The molecule has 0 bridgehead atoms. The van der Waals surface area contributed by atoms with E-state index in [1.807, 2.05) is 6.07 Å². The number of carbonyl (C=O) groups excluding carboxylic acids is 2. The summed E-state index contributed by atoms with van der Waals surface area (Å²) in [5.41, 5.74) is 0. The third-order valence-electron chi connectivity index (χ3n) is 2.60. The Balaban J connectivity index is 2.08. The molecule has 86 valence electrons. The minimum absolute atomic E-state index is 0.0674. The molecule has 1 aliphatic heterocycles. The maximum absolute atomic E-state index is 11.9. The van der Waals surface area contributed by atoms with E-state index in [9.17, 15) is 9.59 Å². The summed E-state index contributed by atoms with van der Waals surface area (Å²) >= 11 is 0. The van der Waals surface area contributed by atoms with E-state index >= 15 is 0 Å². The first kappa shape index (κ1) is 10.7. The molecule has 0 radical (unpaired) electrons. The Labute approximate surface area is 93.4 Å². The average Bonchev–Trinajstić information content (AvgIpc) is 2.71. The average molecular weight is 222 g/mol. The molecule has 2 amide bonds. The third kappa shape index (κ3) is 2.24. The van der Waals surface area contributed by atoms with E-state index in [4.69, 9.17) is 4.42 Å². The van der Waals surface area contributed by atoms with Gasteiger partial charge in [0.15, 0.2) is 0 Å². The number of amides is 2. The van der Waals surface area contributed by atoms with Crippen molar-refractivity contribution in [2.24, 2.45) is 0 Å². The van der Waals surface area contributed by atoms with Crippen LogP contribution in [0.2, 0.25) is 0 Å². The Hall–Kier alpha value is -1.78. The van der Waals surface area contributed by atoms with Crippen LogP contribution in [0.15, 0.2) is 22.8 Å². The predicted molar refractivity (Wildman–Crippen MR) is 56.3 cm³/mol. The van der Waals surface area contributed by atoms with E-state index in [0.29, 0.717) is 19.5 Å². The molecule has 0 aromatic carbocycles. The van der Waals surface area contributed by atoms with Gasteiger partial charge >= 0.3 is 0 Å². The second-order valence-electron chi connectivity index (χ2n) is 3.88. The van der Waals surface area contributed by atoms with Crippen LogP contribution in [0.4, 0.5) is 0 Å². The summed E-state index contributed by atoms with van der Waals surface area (Å²) in [5.74, 6) is 0.583. The summed E-state index contributed by atoms with van der Waals surface area (Å²) in [7, 11) is 0. The second-order valence-corrected chi connectivity index (χ2v) is 3.88. The van der Waals surface area contributed by atoms with Gasteiger partial charge < -0.3 is 14.6 Å². The van der Waals surface area contributed by atoms with Crippen LogP contribution in [-0.4, -0.2) is 29.3 Å². The standard InChI is InChI=1S/C11H14N2O3/c1-8-11(15)13(5-4-10(14)12-8)7-9-3-2-6-16-9/h2-3,6,8H,4-5,7H2,1H3,(H,12,14). The predicted octanol–water partition coefficient (Wildman–Crippen LogP) is 0.517. The quantitative estimate of drug-likeness (QED) is 0.793. The van der Waals surface area contributed by atoms with E-state index in [1.54, 1.807) is 24.2 Å². The topological polar surface area (TPSA) is 62.6 Å². The van der Waals surface area contributed by atoms with Crippen LogP contribution in [0.3, 0.4) is 0 Å². The van der Waals surface area contributed by atoms with Gasteiger partial charge in [0.1, 0.15) is 11.8 Å². The van der Waals surface area contributed by atoms with Crippen molar-refractivity contribution in [3.05, 3.63) is 24.2 Å². The Morgan fingerprint density at radius 2 is 2.38 bits per heavy atom. The van der Waals surface area contributed by atoms with Crippen molar-refractivity contribution in [1.29, 1.82) is 0 Å². The fourth-order valence-corrected chi connectivity index (χ4v) is 1.74. The van der Waals surface area contributed by atoms with Crippen LogP contribution < -0.4 is 5.32 Å². The van der Waals surface area contributed by atoms with Crippen LogP contribution >= 0.6 is 0 Å². The van der Waals surface area contributed by atoms with Gasteiger partial charge in [-0.3, -0.25) is 9.59 Å². The van der Waals surface area contributed by atoms with Gasteiger partial charge in [-0.2, -0.15) is 0 Å². The molecule has 0 saturated carbocycles. The van der Waals surface area contributed by atoms with Crippen LogP contribution in [0, 0.1) is 0 Å². The summed E-state index contributed by atoms with van der Waals surface area (Å²) in [6.45, 7) is 2.56. The highest BCUT2D eigenvalue weighted by molar-refractivity contribution is 5.89. The SMILES string of the molecule is CC1NC(=O)CCN(Cc2ccco2)C1=O. The number of furan rings is 1. The molecule has 5 nitrogen and oxygen atoms in total. The fourth-order valence-electron chi connectivity index (χ4n) is 1.74. The van der Waals surface area contributed by atoms with Gasteiger partial charge in [-0.05, 0) is 19.1 Å². The molecule has 1 atom stereocenters. The first-order valence-electron chi connectivity index (χ1n) is 5.27. The summed E-state index contributed by atoms with van der Waals surface area (Å²) in [6.07, 6.45) is 1.92. The van der Waals surface area contributed by atoms with Gasteiger partial charge in [0.05, 0.1) is 12.8 Å².